The van der Waals surface area contributed by atoms with Crippen molar-refractivity contribution in [1.82, 2.24) is 10.1 Å². The van der Waals surface area contributed by atoms with E-state index < -0.39 is 0 Å². The lowest BCUT2D eigenvalue weighted by molar-refractivity contribution is 0.432. The van der Waals surface area contributed by atoms with E-state index in [1.54, 1.807) is 0 Å². The van der Waals surface area contributed by atoms with Crippen LogP contribution >= 0.6 is 0 Å². The average Bonchev–Trinajstić information content (AvgIpc) is 3.28. The number of anilines is 1. The summed E-state index contributed by atoms with van der Waals surface area (Å²) in [5.74, 6) is 1.19. The van der Waals surface area contributed by atoms with E-state index in [0.29, 0.717) is 11.7 Å². The van der Waals surface area contributed by atoms with Crippen molar-refractivity contribution in [1.29, 1.82) is 0 Å². The number of hydrogen-bond acceptors (Lipinski definition) is 4. The fourth-order valence-electron chi connectivity index (χ4n) is 2.84. The molecule has 4 rings (SSSR count). The van der Waals surface area contributed by atoms with Gasteiger partial charge in [0.05, 0.1) is 0 Å². The lowest BCUT2D eigenvalue weighted by atomic mass is 10.2. The Hall–Kier alpha value is -2.62. The lowest BCUT2D eigenvalue weighted by Crippen LogP contribution is -2.17. The van der Waals surface area contributed by atoms with Crippen LogP contribution in [0.25, 0.3) is 22.8 Å². The summed E-state index contributed by atoms with van der Waals surface area (Å²) in [6.45, 7) is 2.30. The molecule has 0 bridgehead atoms. The van der Waals surface area contributed by atoms with Gasteiger partial charge in [0, 0.05) is 29.9 Å². The molecule has 0 spiro atoms. The molecule has 0 N–H and O–H groups in total. The largest absolute Gasteiger partial charge is 0.372 e. The summed E-state index contributed by atoms with van der Waals surface area (Å²) in [5.41, 5.74) is 3.19. The fourth-order valence-corrected chi connectivity index (χ4v) is 2.84. The molecule has 4 nitrogen and oxygen atoms in total. The van der Waals surface area contributed by atoms with Crippen molar-refractivity contribution in [3.8, 4) is 22.8 Å². The number of aromatic nitrogens is 2. The van der Waals surface area contributed by atoms with Gasteiger partial charge in [0.2, 0.25) is 5.82 Å². The zero-order chi connectivity index (χ0) is 14.8. The topological polar surface area (TPSA) is 42.2 Å². The Labute approximate surface area is 129 Å². The second kappa shape index (κ2) is 5.64. The maximum atomic E-state index is 5.40. The van der Waals surface area contributed by atoms with E-state index in [-0.39, 0.29) is 0 Å². The van der Waals surface area contributed by atoms with E-state index in [1.807, 2.05) is 30.3 Å². The molecule has 1 aliphatic heterocycles. The first-order valence-corrected chi connectivity index (χ1v) is 7.65. The first-order chi connectivity index (χ1) is 10.9. The lowest BCUT2D eigenvalue weighted by Gasteiger charge is -2.17. The first-order valence-electron chi connectivity index (χ1n) is 7.65. The Kier molecular flexibility index (Phi) is 3.35. The molecule has 1 saturated heterocycles. The number of rotatable bonds is 3. The molecule has 2 heterocycles. The molecule has 1 aliphatic rings. The van der Waals surface area contributed by atoms with Crippen LogP contribution in [0, 0.1) is 0 Å². The average molecular weight is 291 g/mol. The summed E-state index contributed by atoms with van der Waals surface area (Å²) in [5, 5.41) is 4.07. The molecule has 4 heteroatoms. The Morgan fingerprint density at radius 3 is 2.27 bits per heavy atom. The van der Waals surface area contributed by atoms with E-state index in [4.69, 9.17) is 4.52 Å². The third kappa shape index (κ3) is 2.48. The molecule has 22 heavy (non-hydrogen) atoms. The summed E-state index contributed by atoms with van der Waals surface area (Å²) in [4.78, 5) is 6.90. The number of hydrogen-bond donors (Lipinski definition) is 0. The van der Waals surface area contributed by atoms with Gasteiger partial charge in [0.15, 0.2) is 0 Å². The highest BCUT2D eigenvalue weighted by atomic mass is 16.5. The van der Waals surface area contributed by atoms with Crippen molar-refractivity contribution in [3.05, 3.63) is 54.6 Å². The number of benzene rings is 2. The van der Waals surface area contributed by atoms with Crippen molar-refractivity contribution >= 4 is 5.69 Å². The molecule has 2 aromatic carbocycles. The van der Waals surface area contributed by atoms with Gasteiger partial charge in [-0.3, -0.25) is 0 Å². The minimum atomic E-state index is 0.562. The van der Waals surface area contributed by atoms with E-state index in [9.17, 15) is 0 Å². The van der Waals surface area contributed by atoms with E-state index in [1.165, 1.54) is 18.5 Å². The van der Waals surface area contributed by atoms with Crippen LogP contribution in [0.3, 0.4) is 0 Å². The summed E-state index contributed by atoms with van der Waals surface area (Å²) in [7, 11) is 0. The van der Waals surface area contributed by atoms with E-state index in [2.05, 4.69) is 39.3 Å². The Bertz CT molecular complexity index is 744. The van der Waals surface area contributed by atoms with Gasteiger partial charge < -0.3 is 9.42 Å². The van der Waals surface area contributed by atoms with Gasteiger partial charge in [-0.2, -0.15) is 4.98 Å². The summed E-state index contributed by atoms with van der Waals surface area (Å²) < 4.78 is 5.40. The standard InChI is InChI=1S/C18H17N3O/c1-2-6-14(7-3-1)17-19-18(22-20-17)15-8-10-16(11-9-15)21-12-4-5-13-21/h1-3,6-11H,4-5,12-13H2. The molecule has 0 radical (unpaired) electrons. The van der Waals surface area contributed by atoms with Gasteiger partial charge in [-0.1, -0.05) is 35.5 Å². The highest BCUT2D eigenvalue weighted by Crippen LogP contribution is 2.26. The first kappa shape index (κ1) is 13.1. The minimum absolute atomic E-state index is 0.562. The van der Waals surface area contributed by atoms with E-state index in [0.717, 1.165) is 24.2 Å². The smallest absolute Gasteiger partial charge is 0.258 e. The highest BCUT2D eigenvalue weighted by molar-refractivity contribution is 5.62. The van der Waals surface area contributed by atoms with Crippen molar-refractivity contribution < 1.29 is 4.52 Å². The van der Waals surface area contributed by atoms with Crippen molar-refractivity contribution in [2.24, 2.45) is 0 Å². The van der Waals surface area contributed by atoms with Crippen LogP contribution in [-0.4, -0.2) is 23.2 Å². The molecular weight excluding hydrogens is 274 g/mol. The third-order valence-electron chi connectivity index (χ3n) is 4.04. The molecule has 1 fully saturated rings. The molecule has 0 saturated carbocycles. The summed E-state index contributed by atoms with van der Waals surface area (Å²) in [6, 6.07) is 18.2. The fraction of sp³-hybridized carbons (Fsp3) is 0.222. The molecule has 0 amide bonds. The Morgan fingerprint density at radius 2 is 1.55 bits per heavy atom. The second-order valence-corrected chi connectivity index (χ2v) is 5.53. The molecule has 0 unspecified atom stereocenters. The van der Waals surface area contributed by atoms with Crippen LogP contribution in [0.5, 0.6) is 0 Å². The zero-order valence-electron chi connectivity index (χ0n) is 12.3. The van der Waals surface area contributed by atoms with Gasteiger partial charge in [-0.25, -0.2) is 0 Å². The van der Waals surface area contributed by atoms with Gasteiger partial charge >= 0.3 is 0 Å². The predicted octanol–water partition coefficient (Wildman–Crippen LogP) is 4.00. The van der Waals surface area contributed by atoms with Crippen molar-refractivity contribution in [2.75, 3.05) is 18.0 Å². The third-order valence-corrected chi connectivity index (χ3v) is 4.04. The van der Waals surface area contributed by atoms with Crippen LogP contribution in [0.1, 0.15) is 12.8 Å². The van der Waals surface area contributed by atoms with Gasteiger partial charge in [-0.05, 0) is 37.1 Å². The minimum Gasteiger partial charge on any atom is -0.372 e. The van der Waals surface area contributed by atoms with E-state index >= 15 is 0 Å². The summed E-state index contributed by atoms with van der Waals surface area (Å²) in [6.07, 6.45) is 2.57. The van der Waals surface area contributed by atoms with Crippen molar-refractivity contribution in [2.45, 2.75) is 12.8 Å². The normalized spacial score (nSPS) is 14.5. The SMILES string of the molecule is c1ccc(-c2noc(-c3ccc(N4CCCC4)cc3)n2)cc1. The van der Waals surface area contributed by atoms with Gasteiger partial charge in [0.1, 0.15) is 0 Å². The molecular formula is C18H17N3O. The number of nitrogens with zero attached hydrogens (tertiary/aromatic N) is 3. The van der Waals surface area contributed by atoms with Crippen LogP contribution < -0.4 is 4.90 Å². The zero-order valence-corrected chi connectivity index (χ0v) is 12.3. The molecule has 0 aliphatic carbocycles. The summed E-state index contributed by atoms with van der Waals surface area (Å²) >= 11 is 0. The Morgan fingerprint density at radius 1 is 0.818 bits per heavy atom. The molecule has 0 atom stereocenters. The second-order valence-electron chi connectivity index (χ2n) is 5.53. The van der Waals surface area contributed by atoms with Crippen LogP contribution in [0.4, 0.5) is 5.69 Å². The molecule has 1 aromatic heterocycles. The highest BCUT2D eigenvalue weighted by Gasteiger charge is 2.14. The van der Waals surface area contributed by atoms with Crippen molar-refractivity contribution in [3.63, 3.8) is 0 Å². The van der Waals surface area contributed by atoms with Crippen LogP contribution in [0.15, 0.2) is 59.1 Å². The van der Waals surface area contributed by atoms with Gasteiger partial charge in [0.25, 0.3) is 5.89 Å². The maximum Gasteiger partial charge on any atom is 0.258 e. The quantitative estimate of drug-likeness (QED) is 0.731. The van der Waals surface area contributed by atoms with Crippen LogP contribution in [0.2, 0.25) is 0 Å². The predicted molar refractivity (Wildman–Crippen MR) is 86.6 cm³/mol. The maximum absolute atomic E-state index is 5.40. The van der Waals surface area contributed by atoms with Crippen LogP contribution in [-0.2, 0) is 0 Å². The molecule has 110 valence electrons. The monoisotopic (exact) mass is 291 g/mol. The Balaban J connectivity index is 1.58. The van der Waals surface area contributed by atoms with Gasteiger partial charge in [-0.15, -0.1) is 0 Å². The molecule has 3 aromatic rings.